The summed E-state index contributed by atoms with van der Waals surface area (Å²) in [5.41, 5.74) is 0.570. The third kappa shape index (κ3) is 4.63. The smallest absolute Gasteiger partial charge is 0.265 e. The van der Waals surface area contributed by atoms with Gasteiger partial charge in [-0.2, -0.15) is 0 Å². The highest BCUT2D eigenvalue weighted by Crippen LogP contribution is 2.25. The van der Waals surface area contributed by atoms with Gasteiger partial charge in [-0.25, -0.2) is 0 Å². The molecule has 2 aromatic carbocycles. The summed E-state index contributed by atoms with van der Waals surface area (Å²) in [6, 6.07) is 12.2. The van der Waals surface area contributed by atoms with Gasteiger partial charge in [0.1, 0.15) is 5.75 Å². The first kappa shape index (κ1) is 16.1. The highest BCUT2D eigenvalue weighted by molar-refractivity contribution is 9.10. The van der Waals surface area contributed by atoms with Crippen molar-refractivity contribution in [2.45, 2.75) is 13.0 Å². The highest BCUT2D eigenvalue weighted by atomic mass is 79.9. The van der Waals surface area contributed by atoms with Crippen molar-refractivity contribution in [1.82, 2.24) is 0 Å². The number of amides is 1. The maximum Gasteiger partial charge on any atom is 0.265 e. The molecule has 0 aromatic heterocycles. The zero-order valence-corrected chi connectivity index (χ0v) is 14.2. The zero-order valence-electron chi connectivity index (χ0n) is 11.1. The lowest BCUT2D eigenvalue weighted by atomic mass is 10.3. The second-order valence-corrected chi connectivity index (χ2v) is 6.06. The van der Waals surface area contributed by atoms with E-state index in [1.807, 2.05) is 12.1 Å². The van der Waals surface area contributed by atoms with Crippen LogP contribution in [0.2, 0.25) is 10.0 Å². The van der Waals surface area contributed by atoms with Crippen molar-refractivity contribution >= 4 is 50.7 Å². The minimum Gasteiger partial charge on any atom is -0.481 e. The first-order chi connectivity index (χ1) is 9.95. The van der Waals surface area contributed by atoms with Crippen LogP contribution in [0, 0.1) is 0 Å². The second kappa shape index (κ2) is 7.16. The highest BCUT2D eigenvalue weighted by Gasteiger charge is 2.15. The molecule has 0 bridgehead atoms. The lowest BCUT2D eigenvalue weighted by Crippen LogP contribution is -2.30. The molecule has 0 saturated heterocycles. The van der Waals surface area contributed by atoms with E-state index in [-0.39, 0.29) is 5.91 Å². The molecule has 0 aliphatic heterocycles. The normalized spacial score (nSPS) is 11.8. The number of hydrogen-bond acceptors (Lipinski definition) is 2. The van der Waals surface area contributed by atoms with Gasteiger partial charge in [-0.05, 0) is 49.4 Å². The van der Waals surface area contributed by atoms with Gasteiger partial charge in [-0.15, -0.1) is 0 Å². The van der Waals surface area contributed by atoms with Gasteiger partial charge in [-0.3, -0.25) is 4.79 Å². The molecule has 0 fully saturated rings. The van der Waals surface area contributed by atoms with E-state index >= 15 is 0 Å². The molecule has 0 radical (unpaired) electrons. The minimum absolute atomic E-state index is 0.267. The van der Waals surface area contributed by atoms with Gasteiger partial charge in [0, 0.05) is 10.2 Å². The molecule has 0 aliphatic carbocycles. The predicted octanol–water partition coefficient (Wildman–Crippen LogP) is 5.16. The van der Waals surface area contributed by atoms with E-state index in [0.717, 1.165) is 4.47 Å². The number of rotatable bonds is 4. The first-order valence-electron chi connectivity index (χ1n) is 6.14. The summed E-state index contributed by atoms with van der Waals surface area (Å²) in [7, 11) is 0. The monoisotopic (exact) mass is 387 g/mol. The van der Waals surface area contributed by atoms with Crippen LogP contribution in [-0.4, -0.2) is 12.0 Å². The summed E-state index contributed by atoms with van der Waals surface area (Å²) in [5, 5.41) is 3.55. The topological polar surface area (TPSA) is 38.3 Å². The van der Waals surface area contributed by atoms with E-state index in [2.05, 4.69) is 21.2 Å². The second-order valence-electron chi connectivity index (χ2n) is 4.33. The molecule has 110 valence electrons. The van der Waals surface area contributed by atoms with Gasteiger partial charge < -0.3 is 10.1 Å². The van der Waals surface area contributed by atoms with Gasteiger partial charge in [-0.1, -0.05) is 39.1 Å². The summed E-state index contributed by atoms with van der Waals surface area (Å²) >= 11 is 15.1. The molecular weight excluding hydrogens is 377 g/mol. The Labute approximate surface area is 141 Å². The molecule has 0 unspecified atom stereocenters. The molecule has 0 heterocycles. The molecule has 2 rings (SSSR count). The summed E-state index contributed by atoms with van der Waals surface area (Å²) in [5.74, 6) is 0.353. The van der Waals surface area contributed by atoms with E-state index in [0.29, 0.717) is 21.5 Å². The first-order valence-corrected chi connectivity index (χ1v) is 7.69. The van der Waals surface area contributed by atoms with Gasteiger partial charge in [0.25, 0.3) is 5.91 Å². The third-order valence-corrected chi connectivity index (χ3v) is 3.95. The van der Waals surface area contributed by atoms with E-state index in [4.69, 9.17) is 27.9 Å². The van der Waals surface area contributed by atoms with Gasteiger partial charge in [0.05, 0.1) is 10.0 Å². The largest absolute Gasteiger partial charge is 0.481 e. The Bertz CT molecular complexity index is 647. The van der Waals surface area contributed by atoms with Crippen LogP contribution in [0.5, 0.6) is 5.75 Å². The maximum absolute atomic E-state index is 12.1. The van der Waals surface area contributed by atoms with Crippen molar-refractivity contribution in [2.24, 2.45) is 0 Å². The number of carbonyl (C=O) groups is 1. The Morgan fingerprint density at radius 3 is 2.43 bits per heavy atom. The fourth-order valence-corrected chi connectivity index (χ4v) is 2.15. The molecule has 1 amide bonds. The SMILES string of the molecule is C[C@H](Oc1ccc(Br)cc1)C(=O)Nc1ccc(Cl)c(Cl)c1. The maximum atomic E-state index is 12.1. The minimum atomic E-state index is -0.638. The zero-order chi connectivity index (χ0) is 15.4. The Morgan fingerprint density at radius 1 is 1.14 bits per heavy atom. The fraction of sp³-hybridized carbons (Fsp3) is 0.133. The van der Waals surface area contributed by atoms with Crippen LogP contribution in [0.1, 0.15) is 6.92 Å². The molecular formula is C15H12BrCl2NO2. The lowest BCUT2D eigenvalue weighted by Gasteiger charge is -2.15. The van der Waals surface area contributed by atoms with Crippen LogP contribution in [0.25, 0.3) is 0 Å². The number of hydrogen-bond donors (Lipinski definition) is 1. The molecule has 1 N–H and O–H groups in total. The Hall–Kier alpha value is -1.23. The van der Waals surface area contributed by atoms with E-state index < -0.39 is 6.10 Å². The van der Waals surface area contributed by atoms with E-state index in [1.54, 1.807) is 37.3 Å². The van der Waals surface area contributed by atoms with Crippen molar-refractivity contribution in [3.05, 3.63) is 57.0 Å². The third-order valence-electron chi connectivity index (χ3n) is 2.68. The van der Waals surface area contributed by atoms with Crippen LogP contribution in [0.3, 0.4) is 0 Å². The average Bonchev–Trinajstić information content (AvgIpc) is 2.45. The van der Waals surface area contributed by atoms with Crippen molar-refractivity contribution in [3.63, 3.8) is 0 Å². The van der Waals surface area contributed by atoms with Crippen molar-refractivity contribution < 1.29 is 9.53 Å². The number of ether oxygens (including phenoxy) is 1. The number of nitrogens with one attached hydrogen (secondary N) is 1. The summed E-state index contributed by atoms with van der Waals surface area (Å²) in [6.45, 7) is 1.68. The van der Waals surface area contributed by atoms with Crippen LogP contribution in [0.15, 0.2) is 46.9 Å². The Balaban J connectivity index is 1.98. The van der Waals surface area contributed by atoms with Gasteiger partial charge >= 0.3 is 0 Å². The van der Waals surface area contributed by atoms with Gasteiger partial charge in [0.15, 0.2) is 6.10 Å². The van der Waals surface area contributed by atoms with Crippen LogP contribution in [0.4, 0.5) is 5.69 Å². The van der Waals surface area contributed by atoms with Crippen molar-refractivity contribution in [1.29, 1.82) is 0 Å². The fourth-order valence-electron chi connectivity index (χ4n) is 1.59. The molecule has 3 nitrogen and oxygen atoms in total. The molecule has 0 aliphatic rings. The summed E-state index contributed by atoms with van der Waals surface area (Å²) in [4.78, 5) is 12.1. The molecule has 1 atom stereocenters. The van der Waals surface area contributed by atoms with Crippen LogP contribution < -0.4 is 10.1 Å². The molecule has 0 spiro atoms. The van der Waals surface area contributed by atoms with E-state index in [1.165, 1.54) is 0 Å². The Kier molecular flexibility index (Phi) is 5.51. The van der Waals surface area contributed by atoms with Crippen molar-refractivity contribution in [2.75, 3.05) is 5.32 Å². The molecule has 6 heteroatoms. The Morgan fingerprint density at radius 2 is 1.81 bits per heavy atom. The van der Waals surface area contributed by atoms with Crippen LogP contribution in [-0.2, 0) is 4.79 Å². The average molecular weight is 389 g/mol. The number of carbonyl (C=O) groups excluding carboxylic acids is 1. The van der Waals surface area contributed by atoms with Crippen LogP contribution >= 0.6 is 39.1 Å². The summed E-state index contributed by atoms with van der Waals surface area (Å²) in [6.07, 6.45) is -0.638. The summed E-state index contributed by atoms with van der Waals surface area (Å²) < 4.78 is 6.51. The number of halogens is 3. The molecule has 21 heavy (non-hydrogen) atoms. The van der Waals surface area contributed by atoms with E-state index in [9.17, 15) is 4.79 Å². The molecule has 2 aromatic rings. The number of benzene rings is 2. The van der Waals surface area contributed by atoms with Crippen molar-refractivity contribution in [3.8, 4) is 5.75 Å². The quantitative estimate of drug-likeness (QED) is 0.785. The standard InChI is InChI=1S/C15H12BrCl2NO2/c1-9(21-12-5-2-10(16)3-6-12)15(20)19-11-4-7-13(17)14(18)8-11/h2-9H,1H3,(H,19,20)/t9-/m0/s1. The number of anilines is 1. The molecule has 0 saturated carbocycles. The lowest BCUT2D eigenvalue weighted by molar-refractivity contribution is -0.122. The van der Waals surface area contributed by atoms with Gasteiger partial charge in [0.2, 0.25) is 0 Å². The predicted molar refractivity (Wildman–Crippen MR) is 89.3 cm³/mol.